The number of fused-ring (bicyclic) bond motifs is 1. The summed E-state index contributed by atoms with van der Waals surface area (Å²) in [5.41, 5.74) is 0.177. The topological polar surface area (TPSA) is 49.3 Å². The van der Waals surface area contributed by atoms with Crippen molar-refractivity contribution in [2.75, 3.05) is 6.54 Å². The van der Waals surface area contributed by atoms with Crippen LogP contribution in [0.4, 0.5) is 4.39 Å². The molecule has 6 heteroatoms. The van der Waals surface area contributed by atoms with E-state index in [1.54, 1.807) is 0 Å². The first-order valence-corrected chi connectivity index (χ1v) is 8.14. The predicted octanol–water partition coefficient (Wildman–Crippen LogP) is 4.16. The molecule has 0 aliphatic carbocycles. The molecule has 1 amide bonds. The van der Waals surface area contributed by atoms with E-state index in [0.717, 1.165) is 21.0 Å². The summed E-state index contributed by atoms with van der Waals surface area (Å²) >= 11 is 7.33. The number of benzene rings is 2. The fraction of sp³-hybridized carbons (Fsp3) is 0.118. The molecule has 0 fully saturated rings. The van der Waals surface area contributed by atoms with Crippen molar-refractivity contribution in [3.63, 3.8) is 0 Å². The van der Waals surface area contributed by atoms with Crippen LogP contribution in [0.25, 0.3) is 10.1 Å². The zero-order valence-electron chi connectivity index (χ0n) is 11.9. The minimum absolute atomic E-state index is 0.0406. The van der Waals surface area contributed by atoms with Gasteiger partial charge in [0.15, 0.2) is 0 Å². The van der Waals surface area contributed by atoms with Gasteiger partial charge in [-0.05, 0) is 35.7 Å². The summed E-state index contributed by atoms with van der Waals surface area (Å²) in [4.78, 5) is 12.8. The Morgan fingerprint density at radius 1 is 1.26 bits per heavy atom. The van der Waals surface area contributed by atoms with E-state index in [0.29, 0.717) is 0 Å². The maximum absolute atomic E-state index is 13.0. The molecule has 1 aromatic heterocycles. The first-order chi connectivity index (χ1) is 11.0. The smallest absolute Gasteiger partial charge is 0.252 e. The molecule has 0 saturated carbocycles. The van der Waals surface area contributed by atoms with Crippen LogP contribution < -0.4 is 5.32 Å². The third kappa shape index (κ3) is 3.52. The van der Waals surface area contributed by atoms with Crippen molar-refractivity contribution >= 4 is 38.9 Å². The molecule has 3 nitrogen and oxygen atoms in total. The van der Waals surface area contributed by atoms with Crippen LogP contribution in [0, 0.1) is 5.82 Å². The number of thiophene rings is 1. The van der Waals surface area contributed by atoms with Crippen molar-refractivity contribution in [2.45, 2.75) is 6.10 Å². The molecule has 0 radical (unpaired) electrons. The van der Waals surface area contributed by atoms with Gasteiger partial charge in [-0.15, -0.1) is 11.3 Å². The van der Waals surface area contributed by atoms with Gasteiger partial charge >= 0.3 is 0 Å². The maximum atomic E-state index is 13.0. The van der Waals surface area contributed by atoms with Gasteiger partial charge in [0.05, 0.1) is 10.6 Å². The van der Waals surface area contributed by atoms with E-state index in [2.05, 4.69) is 5.32 Å². The quantitative estimate of drug-likeness (QED) is 0.743. The van der Waals surface area contributed by atoms with E-state index in [9.17, 15) is 14.3 Å². The lowest BCUT2D eigenvalue weighted by Crippen LogP contribution is -2.28. The van der Waals surface area contributed by atoms with Crippen molar-refractivity contribution < 1.29 is 14.3 Å². The van der Waals surface area contributed by atoms with Gasteiger partial charge in [0.2, 0.25) is 0 Å². The van der Waals surface area contributed by atoms with Crippen molar-refractivity contribution in [3.05, 3.63) is 69.8 Å². The number of hydrogen-bond donors (Lipinski definition) is 2. The summed E-state index contributed by atoms with van der Waals surface area (Å²) in [6.45, 7) is 0.0549. The SMILES string of the molecule is O=C(NCC(O)c1cc2ccccc2s1)c1ccc(F)cc1Cl. The third-order valence-electron chi connectivity index (χ3n) is 3.40. The van der Waals surface area contributed by atoms with Crippen LogP contribution in [0.15, 0.2) is 48.5 Å². The zero-order valence-corrected chi connectivity index (χ0v) is 13.5. The zero-order chi connectivity index (χ0) is 16.4. The number of rotatable bonds is 4. The Morgan fingerprint density at radius 3 is 2.78 bits per heavy atom. The number of carbonyl (C=O) groups is 1. The second-order valence-electron chi connectivity index (χ2n) is 5.04. The van der Waals surface area contributed by atoms with E-state index in [4.69, 9.17) is 11.6 Å². The summed E-state index contributed by atoms with van der Waals surface area (Å²) in [6.07, 6.45) is -0.810. The van der Waals surface area contributed by atoms with Crippen LogP contribution in [-0.2, 0) is 0 Å². The summed E-state index contributed by atoms with van der Waals surface area (Å²) in [5, 5.41) is 13.9. The fourth-order valence-corrected chi connectivity index (χ4v) is 3.53. The Balaban J connectivity index is 1.68. The molecule has 2 N–H and O–H groups in total. The van der Waals surface area contributed by atoms with Gasteiger partial charge in [0.1, 0.15) is 11.9 Å². The van der Waals surface area contributed by atoms with Gasteiger partial charge < -0.3 is 10.4 Å². The molecular formula is C17H13ClFNO2S. The Labute approximate surface area is 141 Å². The van der Waals surface area contributed by atoms with Crippen molar-refractivity contribution in [3.8, 4) is 0 Å². The maximum Gasteiger partial charge on any atom is 0.252 e. The highest BCUT2D eigenvalue weighted by Gasteiger charge is 2.15. The van der Waals surface area contributed by atoms with Crippen molar-refractivity contribution in [1.29, 1.82) is 0 Å². The molecule has 0 aliphatic heterocycles. The fourth-order valence-electron chi connectivity index (χ4n) is 2.23. The number of aliphatic hydroxyl groups is 1. The number of halogens is 2. The Bertz CT molecular complexity index is 832. The molecule has 3 rings (SSSR count). The summed E-state index contributed by atoms with van der Waals surface area (Å²) in [7, 11) is 0. The van der Waals surface area contributed by atoms with Gasteiger partial charge in [-0.1, -0.05) is 29.8 Å². The molecule has 118 valence electrons. The van der Waals surface area contributed by atoms with Gasteiger partial charge in [0.25, 0.3) is 5.91 Å². The third-order valence-corrected chi connectivity index (χ3v) is 4.93. The summed E-state index contributed by atoms with van der Waals surface area (Å²) < 4.78 is 14.1. The minimum atomic E-state index is -0.810. The van der Waals surface area contributed by atoms with Gasteiger partial charge in [0, 0.05) is 16.1 Å². The molecule has 1 atom stereocenters. The standard InChI is InChI=1S/C17H13ClFNO2S/c18-13-8-11(19)5-6-12(13)17(22)20-9-14(21)16-7-10-3-1-2-4-15(10)23-16/h1-8,14,21H,9H2,(H,20,22). The van der Waals surface area contributed by atoms with E-state index >= 15 is 0 Å². The van der Waals surface area contributed by atoms with Crippen LogP contribution in [0.2, 0.25) is 5.02 Å². The molecule has 2 aromatic carbocycles. The van der Waals surface area contributed by atoms with Gasteiger partial charge in [-0.3, -0.25) is 4.79 Å². The van der Waals surface area contributed by atoms with Gasteiger partial charge in [-0.2, -0.15) is 0 Å². The second-order valence-corrected chi connectivity index (χ2v) is 6.56. The minimum Gasteiger partial charge on any atom is -0.386 e. The number of amides is 1. The second kappa shape index (κ2) is 6.66. The molecule has 1 unspecified atom stereocenters. The van der Waals surface area contributed by atoms with Crippen LogP contribution >= 0.6 is 22.9 Å². The predicted molar refractivity (Wildman–Crippen MR) is 90.5 cm³/mol. The molecule has 0 aliphatic rings. The average Bonchev–Trinajstić information content (AvgIpc) is 2.96. The monoisotopic (exact) mass is 349 g/mol. The molecule has 1 heterocycles. The summed E-state index contributed by atoms with van der Waals surface area (Å²) in [5.74, 6) is -0.952. The van der Waals surface area contributed by atoms with Crippen molar-refractivity contribution in [1.82, 2.24) is 5.32 Å². The molecular weight excluding hydrogens is 337 g/mol. The Hall–Kier alpha value is -1.95. The highest BCUT2D eigenvalue weighted by Crippen LogP contribution is 2.29. The normalized spacial score (nSPS) is 12.3. The molecule has 23 heavy (non-hydrogen) atoms. The highest BCUT2D eigenvalue weighted by molar-refractivity contribution is 7.19. The first-order valence-electron chi connectivity index (χ1n) is 6.94. The van der Waals surface area contributed by atoms with Crippen LogP contribution in [0.5, 0.6) is 0 Å². The number of carbonyl (C=O) groups excluding carboxylic acids is 1. The lowest BCUT2D eigenvalue weighted by Gasteiger charge is -2.11. The molecule has 0 saturated heterocycles. The van der Waals surface area contributed by atoms with E-state index in [1.807, 2.05) is 30.3 Å². The number of hydrogen-bond acceptors (Lipinski definition) is 3. The average molecular weight is 350 g/mol. The van der Waals surface area contributed by atoms with Crippen LogP contribution in [0.3, 0.4) is 0 Å². The first kappa shape index (κ1) is 15.9. The van der Waals surface area contributed by atoms with Crippen LogP contribution in [-0.4, -0.2) is 17.6 Å². The van der Waals surface area contributed by atoms with Crippen molar-refractivity contribution in [2.24, 2.45) is 0 Å². The lowest BCUT2D eigenvalue weighted by atomic mass is 10.2. The molecule has 3 aromatic rings. The molecule has 0 spiro atoms. The van der Waals surface area contributed by atoms with E-state index in [1.165, 1.54) is 23.5 Å². The summed E-state index contributed by atoms with van der Waals surface area (Å²) in [6, 6.07) is 13.3. The van der Waals surface area contributed by atoms with Gasteiger partial charge in [-0.25, -0.2) is 4.39 Å². The number of aliphatic hydroxyl groups excluding tert-OH is 1. The Morgan fingerprint density at radius 2 is 2.04 bits per heavy atom. The lowest BCUT2D eigenvalue weighted by molar-refractivity contribution is 0.0918. The van der Waals surface area contributed by atoms with Crippen LogP contribution in [0.1, 0.15) is 21.3 Å². The number of nitrogens with one attached hydrogen (secondary N) is 1. The molecule has 0 bridgehead atoms. The highest BCUT2D eigenvalue weighted by atomic mass is 35.5. The largest absolute Gasteiger partial charge is 0.386 e. The van der Waals surface area contributed by atoms with E-state index < -0.39 is 17.8 Å². The Kier molecular flexibility index (Phi) is 4.61. The van der Waals surface area contributed by atoms with E-state index in [-0.39, 0.29) is 17.1 Å².